The van der Waals surface area contributed by atoms with E-state index in [2.05, 4.69) is 28.3 Å². The third-order valence-corrected chi connectivity index (χ3v) is 2.98. The fourth-order valence-electron chi connectivity index (χ4n) is 1.81. The van der Waals surface area contributed by atoms with E-state index < -0.39 is 0 Å². The van der Waals surface area contributed by atoms with Crippen LogP contribution in [0, 0.1) is 32.2 Å². The van der Waals surface area contributed by atoms with Gasteiger partial charge in [0.2, 0.25) is 0 Å². The molecule has 2 saturated heterocycles. The summed E-state index contributed by atoms with van der Waals surface area (Å²) in [7, 11) is 9.90. The molecular formula is C13H23O5Rf3-3. The molecule has 0 amide bonds. The van der Waals surface area contributed by atoms with E-state index >= 15 is 0 Å². The first-order valence-electron chi connectivity index (χ1n) is 5.86. The average molecular weight is 1060 g/mol. The molecule has 2 rings (SSSR count). The molecule has 0 spiro atoms. The molecule has 0 aromatic heterocycles. The molecule has 8 heteroatoms. The Bertz CT molecular complexity index is 228. The fraction of sp³-hybridized carbons (Fsp3) is 0.769. The summed E-state index contributed by atoms with van der Waals surface area (Å²) < 4.78 is 24.3. The summed E-state index contributed by atoms with van der Waals surface area (Å²) in [6.45, 7) is 7.04. The summed E-state index contributed by atoms with van der Waals surface area (Å²) in [5.41, 5.74) is 0.297. The maximum absolute atomic E-state index is 5.03. The molecule has 5 nitrogen and oxygen atoms in total. The molecule has 2 aliphatic rings. The van der Waals surface area contributed by atoms with Crippen LogP contribution in [0.15, 0.2) is 0 Å². The Balaban J connectivity index is -0.000000274. The number of hydrogen-bond acceptors (Lipinski definition) is 5. The third-order valence-electron chi connectivity index (χ3n) is 2.98. The topological polar surface area (TPSA) is 46.2 Å². The monoisotopic (exact) mass is 1060 g/mol. The molecule has 114 valence electrons. The van der Waals surface area contributed by atoms with Gasteiger partial charge in [-0.2, -0.15) is 0 Å². The number of ether oxygens (including phenoxy) is 5. The minimum atomic E-state index is 0. The summed E-state index contributed by atoms with van der Waals surface area (Å²) >= 11 is 0. The van der Waals surface area contributed by atoms with Crippen LogP contribution in [0.25, 0.3) is 0 Å². The zero-order chi connectivity index (χ0) is 13.5. The van der Waals surface area contributed by atoms with Crippen molar-refractivity contribution in [1.82, 2.24) is 0 Å². The van der Waals surface area contributed by atoms with Crippen LogP contribution in [0.5, 0.6) is 0 Å². The smallest absolute Gasteiger partial charge is 0.0587 e. The van der Waals surface area contributed by atoms with Gasteiger partial charge in [-0.1, -0.05) is 6.92 Å². The van der Waals surface area contributed by atoms with Crippen LogP contribution in [0.4, 0.5) is 0 Å². The Morgan fingerprint density at radius 2 is 1.14 bits per heavy atom. The Morgan fingerprint density at radius 1 is 0.762 bits per heavy atom. The van der Waals surface area contributed by atoms with E-state index in [1.165, 1.54) is 0 Å². The first-order valence-corrected chi connectivity index (χ1v) is 5.86. The predicted octanol–water partition coefficient (Wildman–Crippen LogP) is 1.45. The van der Waals surface area contributed by atoms with E-state index in [0.717, 1.165) is 13.2 Å². The summed E-state index contributed by atoms with van der Waals surface area (Å²) in [5.74, 6) is 0. The van der Waals surface area contributed by atoms with E-state index in [4.69, 9.17) is 23.7 Å². The van der Waals surface area contributed by atoms with Crippen molar-refractivity contribution >= 4 is 0 Å². The summed E-state index contributed by atoms with van der Waals surface area (Å²) in [4.78, 5) is 0. The van der Waals surface area contributed by atoms with Gasteiger partial charge in [0.05, 0.1) is 31.8 Å². The third kappa shape index (κ3) is 5.98. The molecule has 0 aliphatic carbocycles. The molecule has 2 heterocycles. The SMILES string of the molecule is [CH2-]OCC1(C)COC1.[CH2-]OCC1(CO[CH2-])COC1.[Rf].[Rf].[Rf]. The van der Waals surface area contributed by atoms with Crippen molar-refractivity contribution in [1.29, 1.82) is 0 Å². The largest absolute Gasteiger partial charge is 0.554 e. The van der Waals surface area contributed by atoms with Gasteiger partial charge in [-0.05, 0) is 0 Å². The quantitative estimate of drug-likeness (QED) is 0.378. The second kappa shape index (κ2) is 9.69. The van der Waals surface area contributed by atoms with Gasteiger partial charge in [0, 0.05) is 25.2 Å². The van der Waals surface area contributed by atoms with Crippen LogP contribution in [0.1, 0.15) is 6.92 Å². The molecule has 0 unspecified atom stereocenters. The van der Waals surface area contributed by atoms with Crippen LogP contribution in [0.3, 0.4) is 0 Å². The van der Waals surface area contributed by atoms with Crippen molar-refractivity contribution in [2.24, 2.45) is 10.8 Å². The molecule has 21 heavy (non-hydrogen) atoms. The van der Waals surface area contributed by atoms with Gasteiger partial charge in [-0.25, -0.2) is 21.3 Å². The van der Waals surface area contributed by atoms with Crippen LogP contribution < -0.4 is 0 Å². The molecule has 0 bridgehead atoms. The Labute approximate surface area is 110 Å². The Morgan fingerprint density at radius 3 is 1.29 bits per heavy atom. The van der Waals surface area contributed by atoms with Gasteiger partial charge in [0.1, 0.15) is 0 Å². The van der Waals surface area contributed by atoms with Crippen molar-refractivity contribution in [2.75, 3.05) is 46.2 Å². The molecule has 2 fully saturated rings. The first-order chi connectivity index (χ1) is 8.60. The van der Waals surface area contributed by atoms with E-state index in [9.17, 15) is 0 Å². The van der Waals surface area contributed by atoms with Gasteiger partial charge in [-0.15, -0.1) is 0 Å². The van der Waals surface area contributed by atoms with E-state index in [1.807, 2.05) is 0 Å². The Hall–Kier alpha value is -3.20. The van der Waals surface area contributed by atoms with E-state index in [-0.39, 0.29) is 10.8 Å². The van der Waals surface area contributed by atoms with Gasteiger partial charge < -0.3 is 23.7 Å². The van der Waals surface area contributed by atoms with Gasteiger partial charge >= 0.3 is 0 Å². The molecule has 2 aliphatic heterocycles. The zero-order valence-electron chi connectivity index (χ0n) is 13.2. The van der Waals surface area contributed by atoms with E-state index in [0.29, 0.717) is 33.0 Å². The maximum atomic E-state index is 5.03. The fourth-order valence-corrected chi connectivity index (χ4v) is 1.81. The van der Waals surface area contributed by atoms with Crippen LogP contribution in [0.2, 0.25) is 0 Å². The predicted molar refractivity (Wildman–Crippen MR) is 66.1 cm³/mol. The Kier molecular flexibility index (Phi) is 10.6. The van der Waals surface area contributed by atoms with Crippen LogP contribution in [-0.4, -0.2) is 46.2 Å². The summed E-state index contributed by atoms with van der Waals surface area (Å²) in [5, 5.41) is 0. The van der Waals surface area contributed by atoms with Gasteiger partial charge in [-0.3, -0.25) is 0 Å². The van der Waals surface area contributed by atoms with Crippen molar-refractivity contribution in [2.45, 2.75) is 6.92 Å². The minimum Gasteiger partial charge on any atom is -0.554 e. The molecule has 0 atom stereocenters. The van der Waals surface area contributed by atoms with Gasteiger partial charge in [0.25, 0.3) is 0 Å². The van der Waals surface area contributed by atoms with E-state index in [1.54, 1.807) is 0 Å². The average Bonchev–Trinajstić information content (AvgIpc) is 2.26. The normalized spacial score (nSPS) is 20.0. The molecule has 0 N–H and O–H groups in total. The summed E-state index contributed by atoms with van der Waals surface area (Å²) in [6, 6.07) is 0. The molecule has 0 aromatic rings. The minimum absolute atomic E-state index is 0. The van der Waals surface area contributed by atoms with Crippen molar-refractivity contribution in [3.63, 3.8) is 0 Å². The maximum Gasteiger partial charge on any atom is 0.0587 e. The van der Waals surface area contributed by atoms with Crippen molar-refractivity contribution < 1.29 is 23.7 Å². The zero-order valence-corrected chi connectivity index (χ0v) is 32.4. The van der Waals surface area contributed by atoms with Crippen LogP contribution >= 0.6 is 0 Å². The van der Waals surface area contributed by atoms with Crippen molar-refractivity contribution in [3.05, 3.63) is 21.3 Å². The molecule has 0 saturated carbocycles. The van der Waals surface area contributed by atoms with Crippen molar-refractivity contribution in [3.8, 4) is 0 Å². The first kappa shape index (κ1) is 22.9. The number of hydrogen-bond donors (Lipinski definition) is 0. The summed E-state index contributed by atoms with van der Waals surface area (Å²) in [6.07, 6.45) is 0. The number of rotatable bonds is 6. The van der Waals surface area contributed by atoms with Gasteiger partial charge in [0.15, 0.2) is 0 Å². The molecular weight excluding hydrogens is 1040 g/mol. The molecule has 0 aromatic carbocycles. The second-order valence-electron chi connectivity index (χ2n) is 5.34. The standard InChI is InChI=1S/C7H12O3.C6H11O2.3Rf/c1-8-3-7(4-9-2)5-10-6-7;1-6(3-7-2)4-8-5-6;;;/h1-6H2;2-5H2,1H3;;;/q-2;-1;;;. The van der Waals surface area contributed by atoms with Crippen LogP contribution in [-0.2, 0) is 23.7 Å². The molecule has 0 radical (unpaired) electrons. The second-order valence-corrected chi connectivity index (χ2v) is 5.34.